The molecule has 0 saturated carbocycles. The van der Waals surface area contributed by atoms with Crippen LogP contribution in [0.25, 0.3) is 0 Å². The van der Waals surface area contributed by atoms with E-state index in [2.05, 4.69) is 4.74 Å². The summed E-state index contributed by atoms with van der Waals surface area (Å²) in [7, 11) is -2.43. The van der Waals surface area contributed by atoms with Crippen LogP contribution in [0.15, 0.2) is 12.1 Å². The second kappa shape index (κ2) is 4.69. The van der Waals surface area contributed by atoms with Crippen LogP contribution in [0.3, 0.4) is 0 Å². The van der Waals surface area contributed by atoms with E-state index in [0.717, 1.165) is 17.5 Å². The lowest BCUT2D eigenvalue weighted by Crippen LogP contribution is -2.27. The van der Waals surface area contributed by atoms with Gasteiger partial charge in [-0.25, -0.2) is 17.6 Å². The van der Waals surface area contributed by atoms with E-state index in [9.17, 15) is 17.6 Å². The molecule has 0 unspecified atom stereocenters. The van der Waals surface area contributed by atoms with E-state index in [4.69, 9.17) is 5.73 Å². The Bertz CT molecular complexity index is 630. The number of sulfonamides is 1. The quantitative estimate of drug-likeness (QED) is 0.640. The van der Waals surface area contributed by atoms with Crippen molar-refractivity contribution in [3.8, 4) is 0 Å². The smallest absolute Gasteiger partial charge is 0.341 e. The highest BCUT2D eigenvalue weighted by atomic mass is 32.2. The summed E-state index contributed by atoms with van der Waals surface area (Å²) in [4.78, 5) is 11.4. The van der Waals surface area contributed by atoms with Gasteiger partial charge in [0.25, 0.3) is 0 Å². The average Bonchev–Trinajstić information content (AvgIpc) is 2.70. The van der Waals surface area contributed by atoms with Crippen molar-refractivity contribution < 1.29 is 22.3 Å². The molecule has 1 saturated heterocycles. The van der Waals surface area contributed by atoms with Crippen LogP contribution in [0, 0.1) is 5.82 Å². The standard InChI is InChI=1S/C11H13FN2O4S/c1-18-11(15)8-5-7(13)6-9(10(8)12)14-3-2-4-19(14,16)17/h5-6H,2-4,13H2,1H3. The van der Waals surface area contributed by atoms with Crippen LogP contribution >= 0.6 is 0 Å². The summed E-state index contributed by atoms with van der Waals surface area (Å²) in [6, 6.07) is 2.32. The number of halogens is 1. The Morgan fingerprint density at radius 2 is 2.16 bits per heavy atom. The summed E-state index contributed by atoms with van der Waals surface area (Å²) in [6.07, 6.45) is 0.407. The van der Waals surface area contributed by atoms with Crippen LogP contribution in [-0.2, 0) is 14.8 Å². The predicted molar refractivity (Wildman–Crippen MR) is 67.9 cm³/mol. The first-order valence-corrected chi connectivity index (χ1v) is 7.15. The molecule has 1 aromatic rings. The molecule has 0 aliphatic carbocycles. The Morgan fingerprint density at radius 1 is 1.47 bits per heavy atom. The highest BCUT2D eigenvalue weighted by molar-refractivity contribution is 7.93. The van der Waals surface area contributed by atoms with Gasteiger partial charge < -0.3 is 10.5 Å². The molecule has 0 bridgehead atoms. The molecule has 0 atom stereocenters. The lowest BCUT2D eigenvalue weighted by Gasteiger charge is -2.19. The van der Waals surface area contributed by atoms with Gasteiger partial charge in [0.05, 0.1) is 24.1 Å². The van der Waals surface area contributed by atoms with Crippen molar-refractivity contribution >= 4 is 27.4 Å². The van der Waals surface area contributed by atoms with E-state index in [-0.39, 0.29) is 29.2 Å². The molecular formula is C11H13FN2O4S. The fraction of sp³-hybridized carbons (Fsp3) is 0.364. The fourth-order valence-electron chi connectivity index (χ4n) is 1.98. The number of carbonyl (C=O) groups excluding carboxylic acids is 1. The summed E-state index contributed by atoms with van der Waals surface area (Å²) in [6.45, 7) is 0.170. The van der Waals surface area contributed by atoms with Gasteiger partial charge in [-0.05, 0) is 18.6 Å². The average molecular weight is 288 g/mol. The van der Waals surface area contributed by atoms with Crippen molar-refractivity contribution in [1.29, 1.82) is 0 Å². The van der Waals surface area contributed by atoms with Gasteiger partial charge in [0, 0.05) is 12.2 Å². The van der Waals surface area contributed by atoms with Gasteiger partial charge in [-0.1, -0.05) is 0 Å². The molecule has 0 radical (unpaired) electrons. The summed E-state index contributed by atoms with van der Waals surface area (Å²) in [5.74, 6) is -1.89. The minimum Gasteiger partial charge on any atom is -0.465 e. The van der Waals surface area contributed by atoms with Crippen LogP contribution in [0.1, 0.15) is 16.8 Å². The molecule has 1 aliphatic rings. The second-order valence-corrected chi connectivity index (χ2v) is 6.15. The maximum Gasteiger partial charge on any atom is 0.341 e. The summed E-state index contributed by atoms with van der Waals surface area (Å²) >= 11 is 0. The van der Waals surface area contributed by atoms with E-state index in [1.807, 2.05) is 0 Å². The Balaban J connectivity index is 2.58. The zero-order valence-electron chi connectivity index (χ0n) is 10.2. The van der Waals surface area contributed by atoms with Gasteiger partial charge in [0.1, 0.15) is 0 Å². The molecular weight excluding hydrogens is 275 g/mol. The van der Waals surface area contributed by atoms with Gasteiger partial charge in [0.15, 0.2) is 5.82 Å². The highest BCUT2D eigenvalue weighted by Gasteiger charge is 2.32. The number of hydrogen-bond acceptors (Lipinski definition) is 5. The Kier molecular flexibility index (Phi) is 3.36. The van der Waals surface area contributed by atoms with Crippen molar-refractivity contribution in [3.63, 3.8) is 0 Å². The van der Waals surface area contributed by atoms with Crippen molar-refractivity contribution in [3.05, 3.63) is 23.5 Å². The van der Waals surface area contributed by atoms with Crippen LogP contribution in [0.5, 0.6) is 0 Å². The number of ether oxygens (including phenoxy) is 1. The Morgan fingerprint density at radius 3 is 2.68 bits per heavy atom. The minimum absolute atomic E-state index is 0.0468. The number of methoxy groups -OCH3 is 1. The number of nitrogens with two attached hydrogens (primary N) is 1. The van der Waals surface area contributed by atoms with Crippen LogP contribution in [0.2, 0.25) is 0 Å². The summed E-state index contributed by atoms with van der Waals surface area (Å²) in [5.41, 5.74) is 5.09. The van der Waals surface area contributed by atoms with Crippen molar-refractivity contribution in [2.75, 3.05) is 29.4 Å². The minimum atomic E-state index is -3.54. The summed E-state index contributed by atoms with van der Waals surface area (Å²) in [5, 5.41) is 0. The zero-order valence-corrected chi connectivity index (χ0v) is 11.0. The number of benzene rings is 1. The van der Waals surface area contributed by atoms with Crippen LogP contribution in [0.4, 0.5) is 15.8 Å². The van der Waals surface area contributed by atoms with Crippen LogP contribution < -0.4 is 10.0 Å². The molecule has 2 N–H and O–H groups in total. The molecule has 2 rings (SSSR count). The first-order chi connectivity index (χ1) is 8.86. The molecule has 0 amide bonds. The number of hydrogen-bond donors (Lipinski definition) is 1. The topological polar surface area (TPSA) is 89.7 Å². The predicted octanol–water partition coefficient (Wildman–Crippen LogP) is 0.734. The molecule has 1 fully saturated rings. The van der Waals surface area contributed by atoms with Gasteiger partial charge in [0.2, 0.25) is 10.0 Å². The lowest BCUT2D eigenvalue weighted by molar-refractivity contribution is 0.0595. The van der Waals surface area contributed by atoms with Gasteiger partial charge in [-0.2, -0.15) is 0 Å². The molecule has 6 nitrogen and oxygen atoms in total. The Hall–Kier alpha value is -1.83. The van der Waals surface area contributed by atoms with Gasteiger partial charge in [-0.3, -0.25) is 4.31 Å². The van der Waals surface area contributed by atoms with Gasteiger partial charge >= 0.3 is 5.97 Å². The number of esters is 1. The highest BCUT2D eigenvalue weighted by Crippen LogP contribution is 2.31. The van der Waals surface area contributed by atoms with E-state index in [0.29, 0.717) is 6.42 Å². The van der Waals surface area contributed by atoms with E-state index in [1.165, 1.54) is 6.07 Å². The van der Waals surface area contributed by atoms with E-state index in [1.54, 1.807) is 0 Å². The third kappa shape index (κ3) is 2.35. The fourth-order valence-corrected chi connectivity index (χ4v) is 3.54. The number of anilines is 2. The first-order valence-electron chi connectivity index (χ1n) is 5.54. The molecule has 104 valence electrons. The largest absolute Gasteiger partial charge is 0.465 e. The van der Waals surface area contributed by atoms with E-state index >= 15 is 0 Å². The molecule has 0 aromatic heterocycles. The van der Waals surface area contributed by atoms with Crippen molar-refractivity contribution in [1.82, 2.24) is 0 Å². The SMILES string of the molecule is COC(=O)c1cc(N)cc(N2CCCS2(=O)=O)c1F. The molecule has 0 spiro atoms. The molecule has 19 heavy (non-hydrogen) atoms. The maximum atomic E-state index is 14.2. The summed E-state index contributed by atoms with van der Waals surface area (Å²) < 4.78 is 43.2. The number of nitrogens with zero attached hydrogens (tertiary/aromatic N) is 1. The van der Waals surface area contributed by atoms with Crippen molar-refractivity contribution in [2.45, 2.75) is 6.42 Å². The van der Waals surface area contributed by atoms with Gasteiger partial charge in [-0.15, -0.1) is 0 Å². The maximum absolute atomic E-state index is 14.2. The Labute approximate surface area is 110 Å². The molecule has 8 heteroatoms. The number of nitrogen functional groups attached to an aromatic ring is 1. The first kappa shape index (κ1) is 13.6. The molecule has 1 aromatic carbocycles. The third-order valence-corrected chi connectivity index (χ3v) is 4.70. The second-order valence-electron chi connectivity index (χ2n) is 4.13. The molecule has 1 heterocycles. The zero-order chi connectivity index (χ0) is 14.2. The molecule has 1 aliphatic heterocycles. The van der Waals surface area contributed by atoms with Crippen molar-refractivity contribution in [2.24, 2.45) is 0 Å². The van der Waals surface area contributed by atoms with E-state index < -0.39 is 21.8 Å². The monoisotopic (exact) mass is 288 g/mol. The normalized spacial score (nSPS) is 17.5. The number of rotatable bonds is 2. The lowest BCUT2D eigenvalue weighted by atomic mass is 10.1. The third-order valence-electron chi connectivity index (χ3n) is 2.85. The van der Waals surface area contributed by atoms with Crippen LogP contribution in [-0.4, -0.2) is 33.8 Å². The number of carbonyl (C=O) groups is 1.